The third-order valence-corrected chi connectivity index (χ3v) is 3.77. The molecule has 0 amide bonds. The lowest BCUT2D eigenvalue weighted by molar-refractivity contribution is 0.0686. The van der Waals surface area contributed by atoms with Gasteiger partial charge in [0.05, 0.1) is 22.8 Å². The number of carboxylic acid groups (broad SMARTS) is 3. The molecule has 1 unspecified atom stereocenters. The number of aromatic carboxylic acids is 3. The minimum Gasteiger partial charge on any atom is -0.478 e. The molecule has 7 nitrogen and oxygen atoms in total. The number of aliphatic hydroxyl groups excluding tert-OH is 1. The Morgan fingerprint density at radius 1 is 0.606 bits per heavy atom. The van der Waals surface area contributed by atoms with Gasteiger partial charge in [-0.25, -0.2) is 14.4 Å². The van der Waals surface area contributed by atoms with Crippen LogP contribution in [-0.2, 0) is 0 Å². The number of carboxylic acids is 3. The van der Waals surface area contributed by atoms with E-state index >= 15 is 0 Å². The first kappa shape index (κ1) is 29.0. The van der Waals surface area contributed by atoms with Crippen LogP contribution in [0.25, 0.3) is 0 Å². The summed E-state index contributed by atoms with van der Waals surface area (Å²) in [6.07, 6.45) is 1.91. The molecule has 1 atom stereocenters. The summed E-state index contributed by atoms with van der Waals surface area (Å²) in [5, 5.41) is 33.7. The lowest BCUT2D eigenvalue weighted by atomic mass is 10.2. The van der Waals surface area contributed by atoms with Crippen LogP contribution >= 0.6 is 0 Å². The fourth-order valence-electron chi connectivity index (χ4n) is 2.16. The van der Waals surface area contributed by atoms with Gasteiger partial charge in [0.2, 0.25) is 0 Å². The van der Waals surface area contributed by atoms with Crippen LogP contribution in [-0.4, -0.2) is 44.4 Å². The molecule has 3 rings (SSSR count). The summed E-state index contributed by atoms with van der Waals surface area (Å²) in [7, 11) is 0. The maximum atomic E-state index is 10.2. The van der Waals surface area contributed by atoms with Crippen molar-refractivity contribution in [1.29, 1.82) is 0 Å². The van der Waals surface area contributed by atoms with Crippen LogP contribution in [0.5, 0.6) is 0 Å². The van der Waals surface area contributed by atoms with Crippen LogP contribution in [0.15, 0.2) is 91.0 Å². The highest BCUT2D eigenvalue weighted by molar-refractivity contribution is 5.88. The van der Waals surface area contributed by atoms with Gasteiger partial charge in [0.1, 0.15) is 0 Å². The molecule has 176 valence electrons. The molecule has 0 saturated heterocycles. The van der Waals surface area contributed by atoms with Gasteiger partial charge in [0.15, 0.2) is 0 Å². The second-order valence-corrected chi connectivity index (χ2v) is 6.65. The number of rotatable bonds is 5. The highest BCUT2D eigenvalue weighted by Crippen LogP contribution is 1.97. The fourth-order valence-corrected chi connectivity index (χ4v) is 2.16. The molecule has 0 aliphatic heterocycles. The zero-order valence-corrected chi connectivity index (χ0v) is 18.7. The van der Waals surface area contributed by atoms with Crippen LogP contribution in [0.1, 0.15) is 57.8 Å². The van der Waals surface area contributed by atoms with E-state index in [1.807, 2.05) is 6.92 Å². The monoisotopic (exact) mass is 454 g/mol. The number of carbonyl (C=O) groups is 3. The summed E-state index contributed by atoms with van der Waals surface area (Å²) in [4.78, 5) is 30.6. The molecule has 4 N–H and O–H groups in total. The first-order valence-corrected chi connectivity index (χ1v) is 10.2. The number of hydrogen-bond acceptors (Lipinski definition) is 4. The maximum Gasteiger partial charge on any atom is 0.335 e. The molecule has 0 fully saturated rings. The Morgan fingerprint density at radius 2 is 0.848 bits per heavy atom. The molecule has 7 heteroatoms. The molecule has 0 saturated carbocycles. The summed E-state index contributed by atoms with van der Waals surface area (Å²) in [6, 6.07) is 24.9. The van der Waals surface area contributed by atoms with Gasteiger partial charge in [-0.1, -0.05) is 67.9 Å². The molecule has 3 aromatic rings. The zero-order chi connectivity index (χ0) is 25.1. The van der Waals surface area contributed by atoms with Crippen molar-refractivity contribution in [3.8, 4) is 0 Å². The average Bonchev–Trinajstić information content (AvgIpc) is 2.82. The van der Waals surface area contributed by atoms with Crippen molar-refractivity contribution in [2.24, 2.45) is 0 Å². The van der Waals surface area contributed by atoms with Gasteiger partial charge in [-0.2, -0.15) is 0 Å². The van der Waals surface area contributed by atoms with E-state index in [-0.39, 0.29) is 6.10 Å². The Morgan fingerprint density at radius 3 is 0.939 bits per heavy atom. The number of benzene rings is 3. The Labute approximate surface area is 193 Å². The summed E-state index contributed by atoms with van der Waals surface area (Å²) in [5.74, 6) is -2.64. The summed E-state index contributed by atoms with van der Waals surface area (Å²) < 4.78 is 0. The molecule has 0 aliphatic rings. The topological polar surface area (TPSA) is 132 Å². The summed E-state index contributed by atoms with van der Waals surface area (Å²) >= 11 is 0. The van der Waals surface area contributed by atoms with Crippen LogP contribution in [0.4, 0.5) is 0 Å². The standard InChI is InChI=1S/3C7H6O2.C5H12O/c3*8-7(9)6-4-2-1-3-5-6;1-3-4-5(2)6/h3*1-5H,(H,8,9);5-6H,3-4H2,1-2H3. The van der Waals surface area contributed by atoms with Gasteiger partial charge in [-0.05, 0) is 49.7 Å². The molecule has 0 aliphatic carbocycles. The van der Waals surface area contributed by atoms with Crippen LogP contribution in [0, 0.1) is 0 Å². The molecule has 33 heavy (non-hydrogen) atoms. The van der Waals surface area contributed by atoms with E-state index in [1.54, 1.807) is 91.0 Å². The molecule has 0 spiro atoms. The van der Waals surface area contributed by atoms with E-state index in [4.69, 9.17) is 20.4 Å². The third kappa shape index (κ3) is 15.5. The van der Waals surface area contributed by atoms with E-state index in [9.17, 15) is 14.4 Å². The van der Waals surface area contributed by atoms with E-state index in [0.29, 0.717) is 16.7 Å². The largest absolute Gasteiger partial charge is 0.478 e. The van der Waals surface area contributed by atoms with E-state index < -0.39 is 17.9 Å². The quantitative estimate of drug-likeness (QED) is 0.410. The molecular formula is C26H30O7. The fraction of sp³-hybridized carbons (Fsp3) is 0.192. The van der Waals surface area contributed by atoms with Crippen molar-refractivity contribution in [2.45, 2.75) is 32.8 Å². The SMILES string of the molecule is CCCC(C)O.O=C(O)c1ccccc1.O=C(O)c1ccccc1.O=C(O)c1ccccc1. The Kier molecular flexibility index (Phi) is 15.6. The predicted octanol–water partition coefficient (Wildman–Crippen LogP) is 5.32. The van der Waals surface area contributed by atoms with Crippen LogP contribution < -0.4 is 0 Å². The van der Waals surface area contributed by atoms with Gasteiger partial charge >= 0.3 is 17.9 Å². The van der Waals surface area contributed by atoms with Crippen LogP contribution in [0.2, 0.25) is 0 Å². The average molecular weight is 455 g/mol. The second-order valence-electron chi connectivity index (χ2n) is 6.65. The summed E-state index contributed by atoms with van der Waals surface area (Å²) in [5.41, 5.74) is 0.993. The lowest BCUT2D eigenvalue weighted by Crippen LogP contribution is -1.95. The normalized spacial score (nSPS) is 9.91. The zero-order valence-electron chi connectivity index (χ0n) is 18.7. The molecule has 0 aromatic heterocycles. The molecular weight excluding hydrogens is 424 g/mol. The number of aliphatic hydroxyl groups is 1. The van der Waals surface area contributed by atoms with Gasteiger partial charge < -0.3 is 20.4 Å². The molecule has 3 aromatic carbocycles. The van der Waals surface area contributed by atoms with Gasteiger partial charge in [0.25, 0.3) is 0 Å². The maximum absolute atomic E-state index is 10.2. The second kappa shape index (κ2) is 17.7. The predicted molar refractivity (Wildman–Crippen MR) is 127 cm³/mol. The van der Waals surface area contributed by atoms with Crippen molar-refractivity contribution >= 4 is 17.9 Å². The Bertz CT molecular complexity index is 807. The van der Waals surface area contributed by atoms with Gasteiger partial charge in [-0.3, -0.25) is 0 Å². The molecule has 0 heterocycles. The Hall–Kier alpha value is -3.97. The number of hydrogen-bond donors (Lipinski definition) is 4. The van der Waals surface area contributed by atoms with Gasteiger partial charge in [0, 0.05) is 0 Å². The first-order valence-electron chi connectivity index (χ1n) is 10.2. The minimum absolute atomic E-state index is 0.102. The minimum atomic E-state index is -0.879. The summed E-state index contributed by atoms with van der Waals surface area (Å²) in [6.45, 7) is 3.87. The van der Waals surface area contributed by atoms with Crippen molar-refractivity contribution in [1.82, 2.24) is 0 Å². The highest BCUT2D eigenvalue weighted by Gasteiger charge is 1.98. The lowest BCUT2D eigenvalue weighted by Gasteiger charge is -1.95. The van der Waals surface area contributed by atoms with Crippen molar-refractivity contribution in [2.75, 3.05) is 0 Å². The first-order chi connectivity index (χ1) is 15.7. The van der Waals surface area contributed by atoms with E-state index in [0.717, 1.165) is 12.8 Å². The van der Waals surface area contributed by atoms with Crippen molar-refractivity contribution in [3.63, 3.8) is 0 Å². The van der Waals surface area contributed by atoms with Gasteiger partial charge in [-0.15, -0.1) is 0 Å². The third-order valence-electron chi connectivity index (χ3n) is 3.77. The van der Waals surface area contributed by atoms with E-state index in [1.165, 1.54) is 0 Å². The molecule has 0 radical (unpaired) electrons. The molecule has 0 bridgehead atoms. The van der Waals surface area contributed by atoms with Crippen molar-refractivity contribution in [3.05, 3.63) is 108 Å². The highest BCUT2D eigenvalue weighted by atomic mass is 16.4. The van der Waals surface area contributed by atoms with Crippen molar-refractivity contribution < 1.29 is 34.8 Å². The van der Waals surface area contributed by atoms with Crippen LogP contribution in [0.3, 0.4) is 0 Å². The smallest absolute Gasteiger partial charge is 0.335 e. The Balaban J connectivity index is 0.000000419. The van der Waals surface area contributed by atoms with E-state index in [2.05, 4.69) is 6.92 Å².